The Labute approximate surface area is 164 Å². The lowest BCUT2D eigenvalue weighted by Gasteiger charge is -2.14. The highest BCUT2D eigenvalue weighted by molar-refractivity contribution is 7.17. The Morgan fingerprint density at radius 3 is 2.61 bits per heavy atom. The van der Waals surface area contributed by atoms with E-state index in [-0.39, 0.29) is 12.1 Å². The van der Waals surface area contributed by atoms with Crippen LogP contribution in [-0.4, -0.2) is 29.3 Å². The number of aromatic nitrogens is 2. The number of benzene rings is 1. The standard InChI is InChI=1S/C19H21N3O5S/c1-4-8-21-18(24)17-14(7-9-28-17)22(19(21)25)11-16(23)20-13-6-5-12(26-2)10-15(13)27-3/h5-7,9-10H,4,8,11H2,1-3H3,(H,20,23). The molecule has 0 aliphatic carbocycles. The second kappa shape index (κ2) is 8.30. The Balaban J connectivity index is 1.95. The zero-order valence-corrected chi connectivity index (χ0v) is 16.7. The molecule has 9 heteroatoms. The summed E-state index contributed by atoms with van der Waals surface area (Å²) in [6.45, 7) is 1.97. The number of methoxy groups -OCH3 is 2. The largest absolute Gasteiger partial charge is 0.497 e. The first-order valence-corrected chi connectivity index (χ1v) is 9.60. The Morgan fingerprint density at radius 1 is 1.14 bits per heavy atom. The zero-order valence-electron chi connectivity index (χ0n) is 15.9. The van der Waals surface area contributed by atoms with Crippen LogP contribution in [0.4, 0.5) is 5.69 Å². The third-order valence-corrected chi connectivity index (χ3v) is 5.16. The number of nitrogens with zero attached hydrogens (tertiary/aromatic N) is 2. The minimum absolute atomic E-state index is 0.217. The van der Waals surface area contributed by atoms with Crippen molar-refractivity contribution in [2.75, 3.05) is 19.5 Å². The summed E-state index contributed by atoms with van der Waals surface area (Å²) in [5.41, 5.74) is 0.119. The second-order valence-electron chi connectivity index (χ2n) is 6.07. The third-order valence-electron chi connectivity index (χ3n) is 4.27. The Kier molecular flexibility index (Phi) is 5.84. The normalized spacial score (nSPS) is 10.8. The molecule has 0 fully saturated rings. The van der Waals surface area contributed by atoms with E-state index in [2.05, 4.69) is 5.32 Å². The average Bonchev–Trinajstić information content (AvgIpc) is 3.18. The summed E-state index contributed by atoms with van der Waals surface area (Å²) in [5.74, 6) is 0.633. The Bertz CT molecular complexity index is 1130. The number of carbonyl (C=O) groups is 1. The van der Waals surface area contributed by atoms with Crippen LogP contribution < -0.4 is 26.0 Å². The van der Waals surface area contributed by atoms with E-state index in [9.17, 15) is 14.4 Å². The predicted octanol–water partition coefficient (Wildman–Crippen LogP) is 2.29. The molecular formula is C19H21N3O5S. The van der Waals surface area contributed by atoms with Gasteiger partial charge in [-0.25, -0.2) is 4.79 Å². The van der Waals surface area contributed by atoms with Crippen LogP contribution in [-0.2, 0) is 17.9 Å². The number of fused-ring (bicyclic) bond motifs is 1. The summed E-state index contributed by atoms with van der Waals surface area (Å²) in [5, 5.41) is 4.49. The van der Waals surface area contributed by atoms with E-state index in [1.165, 1.54) is 34.7 Å². The van der Waals surface area contributed by atoms with Crippen molar-refractivity contribution in [2.45, 2.75) is 26.4 Å². The molecule has 0 spiro atoms. The molecule has 28 heavy (non-hydrogen) atoms. The molecule has 0 atom stereocenters. The van der Waals surface area contributed by atoms with Crippen LogP contribution in [0.5, 0.6) is 11.5 Å². The highest BCUT2D eigenvalue weighted by atomic mass is 32.1. The van der Waals surface area contributed by atoms with E-state index in [4.69, 9.17) is 9.47 Å². The number of hydrogen-bond donors (Lipinski definition) is 1. The van der Waals surface area contributed by atoms with Gasteiger partial charge in [0.25, 0.3) is 5.56 Å². The second-order valence-corrected chi connectivity index (χ2v) is 6.99. The number of rotatable bonds is 7. The predicted molar refractivity (Wildman–Crippen MR) is 109 cm³/mol. The van der Waals surface area contributed by atoms with Gasteiger partial charge in [-0.15, -0.1) is 11.3 Å². The van der Waals surface area contributed by atoms with Crippen molar-refractivity contribution in [3.63, 3.8) is 0 Å². The van der Waals surface area contributed by atoms with Gasteiger partial charge in [-0.3, -0.25) is 18.7 Å². The van der Waals surface area contributed by atoms with Gasteiger partial charge in [-0.1, -0.05) is 6.92 Å². The van der Waals surface area contributed by atoms with Crippen molar-refractivity contribution in [1.82, 2.24) is 9.13 Å². The van der Waals surface area contributed by atoms with Gasteiger partial charge in [0.1, 0.15) is 22.7 Å². The van der Waals surface area contributed by atoms with Gasteiger partial charge in [0.15, 0.2) is 0 Å². The molecule has 0 unspecified atom stereocenters. The van der Waals surface area contributed by atoms with Crippen molar-refractivity contribution >= 4 is 33.1 Å². The van der Waals surface area contributed by atoms with Gasteiger partial charge in [-0.05, 0) is 30.0 Å². The lowest BCUT2D eigenvalue weighted by atomic mass is 10.2. The average molecular weight is 403 g/mol. The number of ether oxygens (including phenoxy) is 2. The highest BCUT2D eigenvalue weighted by Crippen LogP contribution is 2.29. The SMILES string of the molecule is CCCn1c(=O)c2sccc2n(CC(=O)Nc2ccc(OC)cc2OC)c1=O. The van der Waals surface area contributed by atoms with Gasteiger partial charge < -0.3 is 14.8 Å². The fraction of sp³-hybridized carbons (Fsp3) is 0.316. The van der Waals surface area contributed by atoms with E-state index in [0.29, 0.717) is 40.4 Å². The van der Waals surface area contributed by atoms with Crippen LogP contribution in [0.15, 0.2) is 39.2 Å². The molecule has 0 bridgehead atoms. The number of nitrogens with one attached hydrogen (secondary N) is 1. The molecule has 0 saturated carbocycles. The monoisotopic (exact) mass is 403 g/mol. The first kappa shape index (κ1) is 19.7. The lowest BCUT2D eigenvalue weighted by molar-refractivity contribution is -0.116. The van der Waals surface area contributed by atoms with Crippen LogP contribution in [0.25, 0.3) is 10.2 Å². The number of amides is 1. The van der Waals surface area contributed by atoms with Crippen molar-refractivity contribution in [3.8, 4) is 11.5 Å². The van der Waals surface area contributed by atoms with Crippen LogP contribution in [0, 0.1) is 0 Å². The van der Waals surface area contributed by atoms with Crippen LogP contribution in [0.1, 0.15) is 13.3 Å². The molecule has 8 nitrogen and oxygen atoms in total. The molecule has 0 aliphatic heterocycles. The lowest BCUT2D eigenvalue weighted by Crippen LogP contribution is -2.41. The van der Waals surface area contributed by atoms with Crippen molar-refractivity contribution in [1.29, 1.82) is 0 Å². The van der Waals surface area contributed by atoms with Gasteiger partial charge in [-0.2, -0.15) is 0 Å². The summed E-state index contributed by atoms with van der Waals surface area (Å²) in [6, 6.07) is 6.69. The van der Waals surface area contributed by atoms with Crippen LogP contribution in [0.3, 0.4) is 0 Å². The van der Waals surface area contributed by atoms with Gasteiger partial charge in [0.2, 0.25) is 5.91 Å². The van der Waals surface area contributed by atoms with Crippen molar-refractivity contribution in [3.05, 3.63) is 50.5 Å². The first-order chi connectivity index (χ1) is 13.5. The van der Waals surface area contributed by atoms with E-state index in [0.717, 1.165) is 0 Å². The molecular weight excluding hydrogens is 382 g/mol. The van der Waals surface area contributed by atoms with Crippen molar-refractivity contribution < 1.29 is 14.3 Å². The summed E-state index contributed by atoms with van der Waals surface area (Å²) >= 11 is 1.26. The molecule has 2 heterocycles. The number of thiophene rings is 1. The third kappa shape index (κ3) is 3.65. The summed E-state index contributed by atoms with van der Waals surface area (Å²) in [7, 11) is 3.03. The highest BCUT2D eigenvalue weighted by Gasteiger charge is 2.17. The molecule has 148 valence electrons. The van der Waals surface area contributed by atoms with Gasteiger partial charge in [0, 0.05) is 12.6 Å². The molecule has 1 amide bonds. The van der Waals surface area contributed by atoms with Gasteiger partial charge >= 0.3 is 5.69 Å². The van der Waals surface area contributed by atoms with Crippen LogP contribution >= 0.6 is 11.3 Å². The first-order valence-electron chi connectivity index (χ1n) is 8.72. The topological polar surface area (TPSA) is 91.6 Å². The molecule has 1 aromatic carbocycles. The van der Waals surface area contributed by atoms with Crippen molar-refractivity contribution in [2.24, 2.45) is 0 Å². The maximum atomic E-state index is 12.8. The Morgan fingerprint density at radius 2 is 1.93 bits per heavy atom. The number of hydrogen-bond acceptors (Lipinski definition) is 6. The summed E-state index contributed by atoms with van der Waals surface area (Å²) < 4.78 is 13.4. The van der Waals surface area contributed by atoms with E-state index in [1.54, 1.807) is 29.6 Å². The maximum absolute atomic E-state index is 12.8. The minimum atomic E-state index is -0.491. The van der Waals surface area contributed by atoms with Gasteiger partial charge in [0.05, 0.1) is 25.4 Å². The quantitative estimate of drug-likeness (QED) is 0.654. The fourth-order valence-corrected chi connectivity index (χ4v) is 3.79. The molecule has 3 rings (SSSR count). The molecule has 2 aromatic heterocycles. The molecule has 0 aliphatic rings. The minimum Gasteiger partial charge on any atom is -0.497 e. The van der Waals surface area contributed by atoms with Crippen LogP contribution in [0.2, 0.25) is 0 Å². The smallest absolute Gasteiger partial charge is 0.332 e. The Hall–Kier alpha value is -3.07. The summed E-state index contributed by atoms with van der Waals surface area (Å²) in [6.07, 6.45) is 0.640. The molecule has 1 N–H and O–H groups in total. The number of carbonyl (C=O) groups excluding carboxylic acids is 1. The number of anilines is 1. The molecule has 0 radical (unpaired) electrons. The van der Waals surface area contributed by atoms with E-state index < -0.39 is 11.6 Å². The van der Waals surface area contributed by atoms with E-state index >= 15 is 0 Å². The molecule has 3 aromatic rings. The maximum Gasteiger partial charge on any atom is 0.332 e. The summed E-state index contributed by atoms with van der Waals surface area (Å²) in [4.78, 5) is 37.9. The van der Waals surface area contributed by atoms with E-state index in [1.807, 2.05) is 6.92 Å². The molecule has 0 saturated heterocycles. The zero-order chi connectivity index (χ0) is 20.3. The fourth-order valence-electron chi connectivity index (χ4n) is 2.94.